The van der Waals surface area contributed by atoms with Crippen LogP contribution in [0.4, 0.5) is 4.39 Å². The summed E-state index contributed by atoms with van der Waals surface area (Å²) in [6, 6.07) is 10.2. The molecule has 2 aromatic carbocycles. The van der Waals surface area contributed by atoms with Gasteiger partial charge in [-0.2, -0.15) is 0 Å². The van der Waals surface area contributed by atoms with Crippen molar-refractivity contribution in [3.05, 3.63) is 58.4 Å². The predicted octanol–water partition coefficient (Wildman–Crippen LogP) is 4.47. The standard InChI is InChI=1S/C16H17ClFNO/c1-10-3-5-13(17)16(7-10)20-15-6-4-12(8-11(2)19)9-14(15)18/h3-7,9,11H,8,19H2,1-2H3. The van der Waals surface area contributed by atoms with Gasteiger partial charge in [0, 0.05) is 6.04 Å². The van der Waals surface area contributed by atoms with Crippen molar-refractivity contribution in [3.8, 4) is 11.5 Å². The molecule has 0 saturated carbocycles. The summed E-state index contributed by atoms with van der Waals surface area (Å²) in [4.78, 5) is 0. The molecule has 2 aromatic rings. The number of hydrogen-bond acceptors (Lipinski definition) is 2. The van der Waals surface area contributed by atoms with E-state index in [-0.39, 0.29) is 11.8 Å². The fraction of sp³-hybridized carbons (Fsp3) is 0.250. The molecule has 0 amide bonds. The first-order valence-corrected chi connectivity index (χ1v) is 6.81. The number of nitrogens with two attached hydrogens (primary N) is 1. The molecule has 0 spiro atoms. The normalized spacial score (nSPS) is 12.2. The van der Waals surface area contributed by atoms with Gasteiger partial charge in [0.1, 0.15) is 5.75 Å². The molecule has 0 fully saturated rings. The van der Waals surface area contributed by atoms with Crippen molar-refractivity contribution in [2.24, 2.45) is 5.73 Å². The molecule has 0 saturated heterocycles. The molecule has 2 N–H and O–H groups in total. The summed E-state index contributed by atoms with van der Waals surface area (Å²) in [6.07, 6.45) is 0.627. The monoisotopic (exact) mass is 293 g/mol. The first-order chi connectivity index (χ1) is 9.45. The molecule has 1 atom stereocenters. The van der Waals surface area contributed by atoms with Gasteiger partial charge < -0.3 is 10.5 Å². The Kier molecular flexibility index (Phi) is 4.63. The average molecular weight is 294 g/mol. The van der Waals surface area contributed by atoms with Crippen molar-refractivity contribution in [2.45, 2.75) is 26.3 Å². The Hall–Kier alpha value is -1.58. The fourth-order valence-electron chi connectivity index (χ4n) is 1.93. The average Bonchev–Trinajstić information content (AvgIpc) is 2.36. The van der Waals surface area contributed by atoms with Crippen LogP contribution in [0.5, 0.6) is 11.5 Å². The Morgan fingerprint density at radius 2 is 1.95 bits per heavy atom. The molecule has 20 heavy (non-hydrogen) atoms. The highest BCUT2D eigenvalue weighted by Crippen LogP contribution is 2.31. The van der Waals surface area contributed by atoms with E-state index in [1.54, 1.807) is 18.2 Å². The van der Waals surface area contributed by atoms with Crippen LogP contribution in [-0.2, 0) is 6.42 Å². The molecule has 0 aliphatic carbocycles. The first-order valence-electron chi connectivity index (χ1n) is 6.43. The SMILES string of the molecule is Cc1ccc(Cl)c(Oc2ccc(CC(C)N)cc2F)c1. The van der Waals surface area contributed by atoms with E-state index in [4.69, 9.17) is 22.1 Å². The maximum Gasteiger partial charge on any atom is 0.165 e. The molecule has 2 rings (SSSR count). The predicted molar refractivity (Wildman–Crippen MR) is 80.0 cm³/mol. The lowest BCUT2D eigenvalue weighted by Gasteiger charge is -2.11. The van der Waals surface area contributed by atoms with Gasteiger partial charge >= 0.3 is 0 Å². The third-order valence-corrected chi connectivity index (χ3v) is 3.17. The van der Waals surface area contributed by atoms with Crippen LogP contribution >= 0.6 is 11.6 Å². The second-order valence-electron chi connectivity index (χ2n) is 4.98. The van der Waals surface area contributed by atoms with Crippen molar-refractivity contribution < 1.29 is 9.13 Å². The third kappa shape index (κ3) is 3.71. The summed E-state index contributed by atoms with van der Waals surface area (Å²) in [5.41, 5.74) is 7.55. The molecule has 1 unspecified atom stereocenters. The van der Waals surface area contributed by atoms with Crippen LogP contribution in [0, 0.1) is 12.7 Å². The van der Waals surface area contributed by atoms with Crippen molar-refractivity contribution in [2.75, 3.05) is 0 Å². The first kappa shape index (κ1) is 14.8. The lowest BCUT2D eigenvalue weighted by atomic mass is 10.1. The van der Waals surface area contributed by atoms with Gasteiger partial charge in [-0.3, -0.25) is 0 Å². The van der Waals surface area contributed by atoms with Crippen molar-refractivity contribution >= 4 is 11.6 Å². The van der Waals surface area contributed by atoms with E-state index in [9.17, 15) is 4.39 Å². The van der Waals surface area contributed by atoms with E-state index in [2.05, 4.69) is 0 Å². The Morgan fingerprint density at radius 3 is 2.60 bits per heavy atom. The Labute approximate surface area is 123 Å². The smallest absolute Gasteiger partial charge is 0.165 e. The van der Waals surface area contributed by atoms with Gasteiger partial charge in [0.15, 0.2) is 11.6 Å². The van der Waals surface area contributed by atoms with E-state index in [0.717, 1.165) is 11.1 Å². The van der Waals surface area contributed by atoms with Gasteiger partial charge in [-0.1, -0.05) is 23.7 Å². The van der Waals surface area contributed by atoms with Crippen LogP contribution in [0.1, 0.15) is 18.1 Å². The summed E-state index contributed by atoms with van der Waals surface area (Å²) in [6.45, 7) is 3.81. The molecule has 0 bridgehead atoms. The van der Waals surface area contributed by atoms with Gasteiger partial charge in [0.25, 0.3) is 0 Å². The van der Waals surface area contributed by atoms with Gasteiger partial charge in [0.05, 0.1) is 5.02 Å². The molecule has 0 radical (unpaired) electrons. The summed E-state index contributed by atoms with van der Waals surface area (Å²) >= 11 is 6.03. The Balaban J connectivity index is 2.23. The van der Waals surface area contributed by atoms with E-state index >= 15 is 0 Å². The quantitative estimate of drug-likeness (QED) is 0.902. The molecular formula is C16H17ClFNO. The van der Waals surface area contributed by atoms with Gasteiger partial charge in [-0.15, -0.1) is 0 Å². The molecule has 2 nitrogen and oxygen atoms in total. The summed E-state index contributed by atoms with van der Waals surface area (Å²) in [5, 5.41) is 0.453. The van der Waals surface area contributed by atoms with Crippen LogP contribution in [0.3, 0.4) is 0 Å². The zero-order valence-corrected chi connectivity index (χ0v) is 12.2. The van der Waals surface area contributed by atoms with Gasteiger partial charge in [0.2, 0.25) is 0 Å². The highest BCUT2D eigenvalue weighted by Gasteiger charge is 2.09. The third-order valence-electron chi connectivity index (χ3n) is 2.86. The summed E-state index contributed by atoms with van der Waals surface area (Å²) in [7, 11) is 0. The second-order valence-corrected chi connectivity index (χ2v) is 5.39. The van der Waals surface area contributed by atoms with Crippen LogP contribution in [-0.4, -0.2) is 6.04 Å². The van der Waals surface area contributed by atoms with Crippen molar-refractivity contribution in [1.29, 1.82) is 0 Å². The number of hydrogen-bond donors (Lipinski definition) is 1. The molecule has 4 heteroatoms. The minimum absolute atomic E-state index is 0.00705. The second kappa shape index (κ2) is 6.25. The van der Waals surface area contributed by atoms with Crippen molar-refractivity contribution in [1.82, 2.24) is 0 Å². The maximum atomic E-state index is 14.0. The Morgan fingerprint density at radius 1 is 1.20 bits per heavy atom. The van der Waals surface area contributed by atoms with Crippen molar-refractivity contribution in [3.63, 3.8) is 0 Å². The summed E-state index contributed by atoms with van der Waals surface area (Å²) < 4.78 is 19.6. The van der Waals surface area contributed by atoms with E-state index in [1.165, 1.54) is 6.07 Å². The largest absolute Gasteiger partial charge is 0.453 e. The molecule has 0 aliphatic rings. The summed E-state index contributed by atoms with van der Waals surface area (Å²) in [5.74, 6) is 0.192. The molecule has 106 valence electrons. The molecule has 0 heterocycles. The minimum Gasteiger partial charge on any atom is -0.453 e. The minimum atomic E-state index is -0.416. The van der Waals surface area contributed by atoms with E-state index in [0.29, 0.717) is 17.2 Å². The van der Waals surface area contributed by atoms with Crippen LogP contribution in [0.25, 0.3) is 0 Å². The topological polar surface area (TPSA) is 35.2 Å². The fourth-order valence-corrected chi connectivity index (χ4v) is 2.09. The number of ether oxygens (including phenoxy) is 1. The zero-order chi connectivity index (χ0) is 14.7. The molecule has 0 aliphatic heterocycles. The molecule has 0 aromatic heterocycles. The van der Waals surface area contributed by atoms with Crippen LogP contribution in [0.2, 0.25) is 5.02 Å². The Bertz CT molecular complexity index is 613. The highest BCUT2D eigenvalue weighted by molar-refractivity contribution is 6.32. The lowest BCUT2D eigenvalue weighted by molar-refractivity contribution is 0.441. The lowest BCUT2D eigenvalue weighted by Crippen LogP contribution is -2.17. The van der Waals surface area contributed by atoms with E-state index in [1.807, 2.05) is 26.0 Å². The van der Waals surface area contributed by atoms with Crippen LogP contribution in [0.15, 0.2) is 36.4 Å². The van der Waals surface area contributed by atoms with Crippen LogP contribution < -0.4 is 10.5 Å². The highest BCUT2D eigenvalue weighted by atomic mass is 35.5. The number of halogens is 2. The molecular weight excluding hydrogens is 277 g/mol. The van der Waals surface area contributed by atoms with E-state index < -0.39 is 5.82 Å². The maximum absolute atomic E-state index is 14.0. The number of rotatable bonds is 4. The number of aryl methyl sites for hydroxylation is 1. The van der Waals surface area contributed by atoms with Gasteiger partial charge in [-0.25, -0.2) is 4.39 Å². The van der Waals surface area contributed by atoms with Gasteiger partial charge in [-0.05, 0) is 55.7 Å². The zero-order valence-electron chi connectivity index (χ0n) is 11.5. The number of benzene rings is 2.